The van der Waals surface area contributed by atoms with Gasteiger partial charge in [-0.25, -0.2) is 0 Å². The van der Waals surface area contributed by atoms with Crippen LogP contribution >= 0.6 is 0 Å². The van der Waals surface area contributed by atoms with Gasteiger partial charge in [-0.1, -0.05) is 0 Å². The van der Waals surface area contributed by atoms with Gasteiger partial charge in [-0.2, -0.15) is 0 Å². The summed E-state index contributed by atoms with van der Waals surface area (Å²) in [6.07, 6.45) is -1.01. The summed E-state index contributed by atoms with van der Waals surface area (Å²) in [5.41, 5.74) is -0.834. The van der Waals surface area contributed by atoms with Crippen LogP contribution in [0.15, 0.2) is 0 Å². The third kappa shape index (κ3) is 0.729. The molecule has 0 spiro atoms. The highest BCUT2D eigenvalue weighted by molar-refractivity contribution is 6.12. The number of carbonyl (C=O) groups excluding carboxylic acids is 1. The number of esters is 1. The molecule has 1 unspecified atom stereocenters. The minimum atomic E-state index is -0.834. The highest BCUT2D eigenvalue weighted by Gasteiger charge is 2.61. The molecule has 0 saturated carbocycles. The van der Waals surface area contributed by atoms with Gasteiger partial charge in [-0.15, -0.1) is 0 Å². The molecule has 0 aliphatic carbocycles. The predicted octanol–water partition coefficient (Wildman–Crippen LogP) is -1.73. The highest BCUT2D eigenvalue weighted by Crippen LogP contribution is 2.42. The Balaban J connectivity index is 2.34. The Morgan fingerprint density at radius 2 is 2.42 bits per heavy atom. The van der Waals surface area contributed by atoms with Crippen molar-refractivity contribution in [1.29, 1.82) is 0 Å². The molecule has 2 aliphatic rings. The van der Waals surface area contributed by atoms with Crippen molar-refractivity contribution in [3.05, 3.63) is 0 Å². The van der Waals surface area contributed by atoms with Gasteiger partial charge in [0, 0.05) is 0 Å². The quantitative estimate of drug-likeness (QED) is 0.346. The first-order valence-corrected chi connectivity index (χ1v) is 4.07. The van der Waals surface area contributed by atoms with Crippen LogP contribution in [-0.2, 0) is 14.3 Å². The molecule has 4 nitrogen and oxygen atoms in total. The van der Waals surface area contributed by atoms with E-state index in [-0.39, 0.29) is 24.7 Å². The predicted molar refractivity (Wildman–Crippen MR) is 42.3 cm³/mol. The Bertz CT molecular complexity index is 227. The second-order valence-corrected chi connectivity index (χ2v) is 3.66. The first kappa shape index (κ1) is 8.07. The summed E-state index contributed by atoms with van der Waals surface area (Å²) in [6, 6.07) is -0.271. The van der Waals surface area contributed by atoms with E-state index in [0.29, 0.717) is 0 Å². The van der Waals surface area contributed by atoms with E-state index in [2.05, 4.69) is 0 Å². The molecule has 2 heterocycles. The summed E-state index contributed by atoms with van der Waals surface area (Å²) in [4.78, 5) is 11.3. The summed E-state index contributed by atoms with van der Waals surface area (Å²) >= 11 is 0. The first-order valence-electron chi connectivity index (χ1n) is 4.07. The van der Waals surface area contributed by atoms with Gasteiger partial charge >= 0.3 is 5.97 Å². The zero-order valence-corrected chi connectivity index (χ0v) is 7.11. The van der Waals surface area contributed by atoms with Crippen LogP contribution < -0.4 is 0 Å². The minimum absolute atomic E-state index is 0.269. The van der Waals surface area contributed by atoms with Crippen molar-refractivity contribution >= 4 is 13.8 Å². The minimum Gasteiger partial charge on any atom is -0.462 e. The number of carbonyl (C=O) groups is 1. The summed E-state index contributed by atoms with van der Waals surface area (Å²) < 4.78 is 10.2. The normalized spacial score (nSPS) is 52.2. The topological polar surface area (TPSA) is 55.8 Å². The molecule has 2 rings (SSSR count). The Labute approximate surface area is 71.3 Å². The fraction of sp³-hybridized carbons (Fsp3) is 0.857. The molecule has 2 fully saturated rings. The summed E-state index contributed by atoms with van der Waals surface area (Å²) in [7, 11) is 1.77. The average Bonchev–Trinajstić information content (AvgIpc) is 2.41. The molecular weight excluding hydrogens is 159 g/mol. The van der Waals surface area contributed by atoms with Crippen LogP contribution in [0.1, 0.15) is 6.92 Å². The van der Waals surface area contributed by atoms with E-state index in [1.807, 2.05) is 0 Å². The second-order valence-electron chi connectivity index (χ2n) is 3.66. The number of ether oxygens (including phenoxy) is 2. The van der Waals surface area contributed by atoms with Gasteiger partial charge in [0.25, 0.3) is 0 Å². The Hall–Kier alpha value is -0.545. The molecule has 0 amide bonds. The van der Waals surface area contributed by atoms with Crippen LogP contribution in [0.4, 0.5) is 0 Å². The number of rotatable bonds is 0. The zero-order valence-electron chi connectivity index (χ0n) is 7.11. The molecule has 0 aromatic rings. The van der Waals surface area contributed by atoms with E-state index in [9.17, 15) is 9.90 Å². The van der Waals surface area contributed by atoms with E-state index >= 15 is 0 Å². The lowest BCUT2D eigenvalue weighted by atomic mass is 9.77. The molecule has 12 heavy (non-hydrogen) atoms. The monoisotopic (exact) mass is 170 g/mol. The molecule has 0 radical (unpaired) electrons. The molecule has 0 bridgehead atoms. The van der Waals surface area contributed by atoms with Gasteiger partial charge in [0.05, 0.1) is 12.1 Å². The lowest BCUT2D eigenvalue weighted by molar-refractivity contribution is -0.149. The Morgan fingerprint density at radius 1 is 1.75 bits per heavy atom. The third-order valence-corrected chi connectivity index (χ3v) is 2.91. The van der Waals surface area contributed by atoms with E-state index < -0.39 is 11.5 Å². The van der Waals surface area contributed by atoms with Gasteiger partial charge in [-0.3, -0.25) is 4.79 Å². The number of hydrogen-bond donors (Lipinski definition) is 1. The molecule has 4 atom stereocenters. The maximum absolute atomic E-state index is 11.3. The lowest BCUT2D eigenvalue weighted by Crippen LogP contribution is -2.41. The van der Waals surface area contributed by atoms with Crippen LogP contribution in [-0.4, -0.2) is 43.7 Å². The SMILES string of the molecule is B[C@@H]1OC2COC(=O)[C@]2(C)[C@H]1O. The molecule has 0 aromatic carbocycles. The smallest absolute Gasteiger partial charge is 0.317 e. The van der Waals surface area contributed by atoms with Crippen molar-refractivity contribution in [2.75, 3.05) is 6.61 Å². The number of aliphatic hydroxyl groups excluding tert-OH is 1. The van der Waals surface area contributed by atoms with Crippen molar-refractivity contribution < 1.29 is 19.4 Å². The fourth-order valence-electron chi connectivity index (χ4n) is 1.92. The van der Waals surface area contributed by atoms with Crippen molar-refractivity contribution in [1.82, 2.24) is 0 Å². The number of hydrogen-bond acceptors (Lipinski definition) is 4. The summed E-state index contributed by atoms with van der Waals surface area (Å²) in [5.74, 6) is -0.343. The molecule has 66 valence electrons. The maximum atomic E-state index is 11.3. The molecule has 2 aliphatic heterocycles. The third-order valence-electron chi connectivity index (χ3n) is 2.91. The Morgan fingerprint density at radius 3 is 3.00 bits per heavy atom. The molecular formula is C7H11BO4. The van der Waals surface area contributed by atoms with Crippen LogP contribution in [0.5, 0.6) is 0 Å². The van der Waals surface area contributed by atoms with Gasteiger partial charge in [0.1, 0.15) is 26.0 Å². The lowest BCUT2D eigenvalue weighted by Gasteiger charge is -2.20. The van der Waals surface area contributed by atoms with Crippen molar-refractivity contribution in [3.63, 3.8) is 0 Å². The van der Waals surface area contributed by atoms with Crippen LogP contribution in [0.3, 0.4) is 0 Å². The summed E-state index contributed by atoms with van der Waals surface area (Å²) in [5, 5.41) is 9.67. The number of cyclic esters (lactones) is 1. The van der Waals surface area contributed by atoms with E-state index in [1.165, 1.54) is 0 Å². The van der Waals surface area contributed by atoms with E-state index in [4.69, 9.17) is 9.47 Å². The zero-order chi connectivity index (χ0) is 8.93. The molecule has 2 saturated heterocycles. The molecule has 1 N–H and O–H groups in total. The molecule has 0 aromatic heterocycles. The van der Waals surface area contributed by atoms with Crippen LogP contribution in [0.25, 0.3) is 0 Å². The van der Waals surface area contributed by atoms with Crippen LogP contribution in [0.2, 0.25) is 0 Å². The Kier molecular flexibility index (Phi) is 1.50. The standard InChI is InChI=1S/C7H11BO4/c1-7-3(2-11-6(7)10)12-5(8)4(7)9/h3-5,9H,2,8H2,1H3/t3?,4-,5+,7-/m0/s1. The number of aliphatic hydroxyl groups is 1. The largest absolute Gasteiger partial charge is 0.462 e. The van der Waals surface area contributed by atoms with Gasteiger partial charge in [0.15, 0.2) is 0 Å². The van der Waals surface area contributed by atoms with Gasteiger partial charge < -0.3 is 14.6 Å². The maximum Gasteiger partial charge on any atom is 0.317 e. The van der Waals surface area contributed by atoms with E-state index in [0.717, 1.165) is 0 Å². The van der Waals surface area contributed by atoms with E-state index in [1.54, 1.807) is 14.8 Å². The van der Waals surface area contributed by atoms with Crippen molar-refractivity contribution in [3.8, 4) is 0 Å². The summed E-state index contributed by atoms with van der Waals surface area (Å²) in [6.45, 7) is 1.97. The first-order chi connectivity index (χ1) is 5.56. The number of fused-ring (bicyclic) bond motifs is 1. The van der Waals surface area contributed by atoms with Gasteiger partial charge in [0.2, 0.25) is 0 Å². The van der Waals surface area contributed by atoms with Gasteiger partial charge in [-0.05, 0) is 6.92 Å². The van der Waals surface area contributed by atoms with Crippen molar-refractivity contribution in [2.45, 2.75) is 25.1 Å². The van der Waals surface area contributed by atoms with Crippen LogP contribution in [0, 0.1) is 5.41 Å². The van der Waals surface area contributed by atoms with Crippen molar-refractivity contribution in [2.24, 2.45) is 5.41 Å². The fourth-order valence-corrected chi connectivity index (χ4v) is 1.92. The molecule has 5 heteroatoms. The average molecular weight is 170 g/mol. The second kappa shape index (κ2) is 2.23. The highest BCUT2D eigenvalue weighted by atomic mass is 16.6.